The summed E-state index contributed by atoms with van der Waals surface area (Å²) in [5.74, 6) is -1.24. The number of carbonyl (C=O) groups is 2. The minimum Gasteiger partial charge on any atom is -0.480 e. The zero-order valence-corrected chi connectivity index (χ0v) is 20.0. The number of aliphatic carboxylic acids is 1. The zero-order chi connectivity index (χ0) is 23.8. The molecule has 0 saturated heterocycles. The van der Waals surface area contributed by atoms with E-state index in [9.17, 15) is 14.7 Å². The first kappa shape index (κ1) is 22.2. The van der Waals surface area contributed by atoms with Crippen LogP contribution < -0.4 is 5.32 Å². The Balaban J connectivity index is 1.31. The number of rotatable bonds is 6. The third-order valence-corrected chi connectivity index (χ3v) is 6.68. The smallest absolute Gasteiger partial charge is 0.407 e. The van der Waals surface area contributed by atoms with Crippen LogP contribution in [-0.2, 0) is 16.0 Å². The molecule has 1 aliphatic carbocycles. The molecule has 8 heteroatoms. The van der Waals surface area contributed by atoms with Gasteiger partial charge in [-0.15, -0.1) is 0 Å². The Labute approximate surface area is 204 Å². The summed E-state index contributed by atoms with van der Waals surface area (Å²) in [6, 6.07) is 18.7. The number of alkyl carbamates (subject to hydrolysis) is 1. The second-order valence-corrected chi connectivity index (χ2v) is 9.20. The summed E-state index contributed by atoms with van der Waals surface area (Å²) in [5.41, 5.74) is 6.58. The summed E-state index contributed by atoms with van der Waals surface area (Å²) in [7, 11) is 0. The number of halogens is 1. The molecule has 2 aromatic heterocycles. The van der Waals surface area contributed by atoms with Crippen LogP contribution in [0.2, 0.25) is 0 Å². The van der Waals surface area contributed by atoms with E-state index in [0.717, 1.165) is 26.7 Å². The summed E-state index contributed by atoms with van der Waals surface area (Å²) in [4.78, 5) is 29.1. The van der Waals surface area contributed by atoms with Crippen molar-refractivity contribution in [2.45, 2.75) is 25.3 Å². The first-order valence-electron chi connectivity index (χ1n) is 10.9. The van der Waals surface area contributed by atoms with E-state index in [1.165, 1.54) is 0 Å². The van der Waals surface area contributed by atoms with Gasteiger partial charge in [0.05, 0.1) is 5.69 Å². The van der Waals surface area contributed by atoms with E-state index in [-0.39, 0.29) is 18.9 Å². The maximum absolute atomic E-state index is 12.6. The van der Waals surface area contributed by atoms with E-state index in [0.29, 0.717) is 17.0 Å². The molecule has 4 aromatic rings. The number of hydrogen-bond acceptors (Lipinski definition) is 4. The fourth-order valence-corrected chi connectivity index (χ4v) is 4.94. The number of carboxylic acid groups (broad SMARTS) is 1. The summed E-state index contributed by atoms with van der Waals surface area (Å²) in [6.45, 7) is 1.94. The summed E-state index contributed by atoms with van der Waals surface area (Å²) in [5, 5.41) is 12.3. The number of carboxylic acids is 1. The van der Waals surface area contributed by atoms with E-state index in [2.05, 4.69) is 38.4 Å². The van der Waals surface area contributed by atoms with Crippen LogP contribution in [0.15, 0.2) is 71.3 Å². The van der Waals surface area contributed by atoms with Gasteiger partial charge >= 0.3 is 12.1 Å². The lowest BCUT2D eigenvalue weighted by Gasteiger charge is -2.17. The predicted molar refractivity (Wildman–Crippen MR) is 131 cm³/mol. The molecule has 1 aliphatic rings. The molecule has 1 amide bonds. The number of carbonyl (C=O) groups excluding carboxylic acids is 1. The second-order valence-electron chi connectivity index (χ2n) is 8.28. The predicted octanol–water partition coefficient (Wildman–Crippen LogP) is 4.94. The standard InChI is InChI=1S/C26H22BrN3O4/c1-15-23(30-13-16(27)10-11-24(30)28-15)12-22(25(31)32)29-26(33)34-14-21-19-8-4-2-6-17(19)18-7-3-5-9-20(18)21/h2-11,13,21-22H,12,14H2,1H3,(H,29,33)(H,31,32). The van der Waals surface area contributed by atoms with Gasteiger partial charge in [-0.25, -0.2) is 14.6 Å². The number of aryl methyl sites for hydroxylation is 1. The fraction of sp³-hybridized carbons (Fsp3) is 0.192. The number of fused-ring (bicyclic) bond motifs is 4. The average Bonchev–Trinajstić information content (AvgIpc) is 3.31. The summed E-state index contributed by atoms with van der Waals surface area (Å²) >= 11 is 3.43. The molecule has 1 unspecified atom stereocenters. The van der Waals surface area contributed by atoms with Crippen LogP contribution in [0.3, 0.4) is 0 Å². The van der Waals surface area contributed by atoms with Crippen LogP contribution >= 0.6 is 15.9 Å². The van der Waals surface area contributed by atoms with Gasteiger partial charge in [0.25, 0.3) is 0 Å². The largest absolute Gasteiger partial charge is 0.480 e. The number of nitrogens with zero attached hydrogens (tertiary/aromatic N) is 2. The minimum atomic E-state index is -1.16. The Bertz CT molecular complexity index is 1370. The highest BCUT2D eigenvalue weighted by Gasteiger charge is 2.30. The number of pyridine rings is 1. The van der Waals surface area contributed by atoms with Crippen LogP contribution in [0, 0.1) is 6.92 Å². The molecule has 0 radical (unpaired) electrons. The molecule has 2 aromatic carbocycles. The topological polar surface area (TPSA) is 92.9 Å². The van der Waals surface area contributed by atoms with Crippen LogP contribution in [-0.4, -0.2) is 39.2 Å². The zero-order valence-electron chi connectivity index (χ0n) is 18.4. The number of amides is 1. The van der Waals surface area contributed by atoms with E-state index in [1.54, 1.807) is 0 Å². The van der Waals surface area contributed by atoms with Gasteiger partial charge in [0.1, 0.15) is 18.3 Å². The summed E-state index contributed by atoms with van der Waals surface area (Å²) < 4.78 is 8.20. The Morgan fingerprint density at radius 1 is 1.09 bits per heavy atom. The molecular weight excluding hydrogens is 498 g/mol. The third kappa shape index (κ3) is 4.05. The molecule has 1 atom stereocenters. The number of ether oxygens (including phenoxy) is 1. The van der Waals surface area contributed by atoms with E-state index < -0.39 is 18.1 Å². The lowest BCUT2D eigenvalue weighted by Crippen LogP contribution is -2.43. The van der Waals surface area contributed by atoms with Crippen LogP contribution in [0.1, 0.15) is 28.4 Å². The van der Waals surface area contributed by atoms with E-state index >= 15 is 0 Å². The van der Waals surface area contributed by atoms with Crippen molar-refractivity contribution in [3.05, 3.63) is 93.8 Å². The van der Waals surface area contributed by atoms with Gasteiger partial charge in [-0.2, -0.15) is 0 Å². The molecular formula is C26H22BrN3O4. The first-order valence-corrected chi connectivity index (χ1v) is 11.7. The van der Waals surface area contributed by atoms with Gasteiger partial charge in [0, 0.05) is 28.7 Å². The molecule has 2 N–H and O–H groups in total. The van der Waals surface area contributed by atoms with Gasteiger partial charge in [-0.05, 0) is 57.2 Å². The average molecular weight is 520 g/mol. The van der Waals surface area contributed by atoms with Crippen molar-refractivity contribution in [3.63, 3.8) is 0 Å². The highest BCUT2D eigenvalue weighted by Crippen LogP contribution is 2.44. The monoisotopic (exact) mass is 519 g/mol. The molecule has 0 saturated carbocycles. The quantitative estimate of drug-likeness (QED) is 0.376. The van der Waals surface area contributed by atoms with E-state index in [4.69, 9.17) is 4.74 Å². The van der Waals surface area contributed by atoms with Crippen molar-refractivity contribution in [1.29, 1.82) is 0 Å². The number of benzene rings is 2. The van der Waals surface area contributed by atoms with Gasteiger partial charge in [-0.3, -0.25) is 0 Å². The molecule has 0 aliphatic heterocycles. The lowest BCUT2D eigenvalue weighted by atomic mass is 9.98. The first-order chi connectivity index (χ1) is 16.4. The Morgan fingerprint density at radius 3 is 2.38 bits per heavy atom. The molecule has 34 heavy (non-hydrogen) atoms. The van der Waals surface area contributed by atoms with Crippen LogP contribution in [0.5, 0.6) is 0 Å². The molecule has 172 valence electrons. The van der Waals surface area contributed by atoms with Crippen molar-refractivity contribution in [2.24, 2.45) is 0 Å². The molecule has 0 bridgehead atoms. The third-order valence-electron chi connectivity index (χ3n) is 6.21. The molecule has 5 rings (SSSR count). The number of aromatic nitrogens is 2. The van der Waals surface area contributed by atoms with Crippen LogP contribution in [0.25, 0.3) is 16.8 Å². The van der Waals surface area contributed by atoms with Gasteiger partial charge in [-0.1, -0.05) is 48.5 Å². The normalized spacial score (nSPS) is 13.4. The van der Waals surface area contributed by atoms with Gasteiger partial charge < -0.3 is 19.6 Å². The Morgan fingerprint density at radius 2 is 1.74 bits per heavy atom. The molecule has 0 fully saturated rings. The van der Waals surface area contributed by atoms with Crippen molar-refractivity contribution < 1.29 is 19.4 Å². The number of nitrogens with one attached hydrogen (secondary N) is 1. The highest BCUT2D eigenvalue weighted by molar-refractivity contribution is 9.10. The second kappa shape index (κ2) is 8.95. The van der Waals surface area contributed by atoms with Crippen LogP contribution in [0.4, 0.5) is 4.79 Å². The molecule has 2 heterocycles. The molecule has 7 nitrogen and oxygen atoms in total. The SMILES string of the molecule is Cc1nc2ccc(Br)cn2c1CC(NC(=O)OCC1c2ccccc2-c2ccccc21)C(=O)O. The van der Waals surface area contributed by atoms with Gasteiger partial charge in [0.15, 0.2) is 0 Å². The maximum atomic E-state index is 12.6. The fourth-order valence-electron chi connectivity index (χ4n) is 4.61. The molecule has 0 spiro atoms. The number of hydrogen-bond donors (Lipinski definition) is 2. The van der Waals surface area contributed by atoms with Crippen molar-refractivity contribution in [2.75, 3.05) is 6.61 Å². The Kier molecular flexibility index (Phi) is 5.83. The minimum absolute atomic E-state index is 0.0724. The Hall–Kier alpha value is -3.65. The van der Waals surface area contributed by atoms with Crippen molar-refractivity contribution in [1.82, 2.24) is 14.7 Å². The lowest BCUT2D eigenvalue weighted by molar-refractivity contribution is -0.139. The maximum Gasteiger partial charge on any atom is 0.407 e. The highest BCUT2D eigenvalue weighted by atomic mass is 79.9. The number of imidazole rings is 1. The van der Waals surface area contributed by atoms with Gasteiger partial charge in [0.2, 0.25) is 0 Å². The summed E-state index contributed by atoms with van der Waals surface area (Å²) in [6.07, 6.45) is 1.14. The van der Waals surface area contributed by atoms with Crippen molar-refractivity contribution >= 4 is 33.6 Å². The van der Waals surface area contributed by atoms with Crippen molar-refractivity contribution in [3.8, 4) is 11.1 Å². The van der Waals surface area contributed by atoms with E-state index in [1.807, 2.05) is 66.1 Å².